The fourth-order valence-electron chi connectivity index (χ4n) is 1.85. The normalized spacial score (nSPS) is 11.0. The minimum atomic E-state index is -0.0250. The van der Waals surface area contributed by atoms with E-state index in [0.717, 1.165) is 16.4 Å². The third-order valence-electron chi connectivity index (χ3n) is 3.03. The van der Waals surface area contributed by atoms with Crippen molar-refractivity contribution >= 4 is 11.8 Å². The average molecular weight is 302 g/mol. The third-order valence-corrected chi connectivity index (χ3v) is 4.06. The van der Waals surface area contributed by atoms with Gasteiger partial charge in [-0.05, 0) is 0 Å². The Morgan fingerprint density at radius 3 is 2.81 bits per heavy atom. The molecule has 0 amide bonds. The number of hydrogen-bond donors (Lipinski definition) is 1. The molecule has 0 spiro atoms. The molecule has 2 aromatic heterocycles. The zero-order valence-electron chi connectivity index (χ0n) is 11.4. The summed E-state index contributed by atoms with van der Waals surface area (Å²) < 4.78 is 7.09. The van der Waals surface area contributed by atoms with E-state index < -0.39 is 0 Å². The first kappa shape index (κ1) is 13.8. The van der Waals surface area contributed by atoms with Crippen molar-refractivity contribution in [3.8, 4) is 11.4 Å². The molecule has 3 aromatic rings. The number of aliphatic hydroxyl groups is 1. The molecule has 0 fully saturated rings. The molecule has 1 aromatic carbocycles. The van der Waals surface area contributed by atoms with Crippen LogP contribution < -0.4 is 0 Å². The predicted octanol–water partition coefficient (Wildman–Crippen LogP) is 2.25. The van der Waals surface area contributed by atoms with Crippen molar-refractivity contribution in [2.75, 3.05) is 0 Å². The Labute approximate surface area is 125 Å². The van der Waals surface area contributed by atoms with Gasteiger partial charge in [-0.25, -0.2) is 4.98 Å². The molecule has 0 radical (unpaired) electrons. The Morgan fingerprint density at radius 1 is 1.29 bits per heavy atom. The largest absolute Gasteiger partial charge is 0.390 e. The first-order valence-corrected chi connectivity index (χ1v) is 7.38. The molecule has 0 saturated heterocycles. The third kappa shape index (κ3) is 2.98. The topological polar surface area (TPSA) is 77.0 Å². The van der Waals surface area contributed by atoms with Crippen LogP contribution in [-0.4, -0.2) is 24.8 Å². The summed E-state index contributed by atoms with van der Waals surface area (Å²) in [7, 11) is 1.87. The highest BCUT2D eigenvalue weighted by Gasteiger charge is 2.11. The molecular weight excluding hydrogens is 288 g/mol. The quantitative estimate of drug-likeness (QED) is 0.728. The number of thioether (sulfide) groups is 1. The fourth-order valence-corrected chi connectivity index (χ4v) is 2.66. The lowest BCUT2D eigenvalue weighted by molar-refractivity contribution is 0.271. The van der Waals surface area contributed by atoms with Crippen LogP contribution in [-0.2, 0) is 19.4 Å². The Kier molecular flexibility index (Phi) is 4.03. The second kappa shape index (κ2) is 6.11. The molecule has 0 aliphatic heterocycles. The fraction of sp³-hybridized carbons (Fsp3) is 0.214. The number of hydrogen-bond acceptors (Lipinski definition) is 6. The van der Waals surface area contributed by atoms with Crippen LogP contribution in [0.25, 0.3) is 11.4 Å². The van der Waals surface area contributed by atoms with Gasteiger partial charge in [0.25, 0.3) is 0 Å². The lowest BCUT2D eigenvalue weighted by atomic mass is 10.2. The molecule has 2 heterocycles. The zero-order chi connectivity index (χ0) is 14.7. The van der Waals surface area contributed by atoms with Gasteiger partial charge in [-0.1, -0.05) is 47.3 Å². The van der Waals surface area contributed by atoms with Gasteiger partial charge >= 0.3 is 0 Å². The maximum absolute atomic E-state index is 9.14. The smallest absolute Gasteiger partial charge is 0.237 e. The first-order chi connectivity index (χ1) is 10.3. The van der Waals surface area contributed by atoms with E-state index in [1.165, 1.54) is 11.8 Å². The SMILES string of the molecule is Cn1c(CO)cnc1SCc1nc(-c2ccccc2)no1. The molecule has 0 unspecified atom stereocenters. The van der Waals surface area contributed by atoms with E-state index in [1.807, 2.05) is 41.9 Å². The molecule has 3 rings (SSSR count). The molecular formula is C14H14N4O2S. The average Bonchev–Trinajstić information content (AvgIpc) is 3.13. The van der Waals surface area contributed by atoms with Crippen molar-refractivity contribution in [1.82, 2.24) is 19.7 Å². The van der Waals surface area contributed by atoms with Crippen LogP contribution in [0.1, 0.15) is 11.6 Å². The first-order valence-electron chi connectivity index (χ1n) is 6.40. The minimum Gasteiger partial charge on any atom is -0.390 e. The lowest BCUT2D eigenvalue weighted by Gasteiger charge is -2.01. The summed E-state index contributed by atoms with van der Waals surface area (Å²) in [5.41, 5.74) is 1.70. The van der Waals surface area contributed by atoms with Gasteiger partial charge in [-0.2, -0.15) is 4.98 Å². The van der Waals surface area contributed by atoms with Crippen molar-refractivity contribution in [2.45, 2.75) is 17.5 Å². The van der Waals surface area contributed by atoms with Crippen LogP contribution in [0.15, 0.2) is 46.2 Å². The summed E-state index contributed by atoms with van der Waals surface area (Å²) in [6.07, 6.45) is 1.66. The van der Waals surface area contributed by atoms with Crippen LogP contribution in [0, 0.1) is 0 Å². The van der Waals surface area contributed by atoms with Gasteiger partial charge in [-0.3, -0.25) is 0 Å². The Balaban J connectivity index is 1.69. The van der Waals surface area contributed by atoms with Crippen LogP contribution in [0.4, 0.5) is 0 Å². The summed E-state index contributed by atoms with van der Waals surface area (Å²) in [4.78, 5) is 8.61. The number of aliphatic hydroxyl groups excluding tert-OH is 1. The van der Waals surface area contributed by atoms with Crippen molar-refractivity contribution < 1.29 is 9.63 Å². The predicted molar refractivity (Wildman–Crippen MR) is 78.4 cm³/mol. The molecule has 0 atom stereocenters. The van der Waals surface area contributed by atoms with E-state index in [-0.39, 0.29) is 6.61 Å². The Bertz CT molecular complexity index is 724. The number of rotatable bonds is 5. The molecule has 6 nitrogen and oxygen atoms in total. The van der Waals surface area contributed by atoms with Crippen LogP contribution >= 0.6 is 11.8 Å². The van der Waals surface area contributed by atoms with E-state index >= 15 is 0 Å². The lowest BCUT2D eigenvalue weighted by Crippen LogP contribution is -1.97. The molecule has 0 aliphatic carbocycles. The van der Waals surface area contributed by atoms with E-state index in [2.05, 4.69) is 15.1 Å². The van der Waals surface area contributed by atoms with Gasteiger partial charge in [0.15, 0.2) is 5.16 Å². The number of aromatic nitrogens is 4. The van der Waals surface area contributed by atoms with Gasteiger partial charge < -0.3 is 14.2 Å². The van der Waals surface area contributed by atoms with Crippen LogP contribution in [0.2, 0.25) is 0 Å². The number of nitrogens with zero attached hydrogens (tertiary/aromatic N) is 4. The Morgan fingerprint density at radius 2 is 2.10 bits per heavy atom. The van der Waals surface area contributed by atoms with Gasteiger partial charge in [0.2, 0.25) is 11.7 Å². The molecule has 7 heteroatoms. The van der Waals surface area contributed by atoms with Crippen molar-refractivity contribution in [3.63, 3.8) is 0 Å². The molecule has 0 aliphatic rings. The summed E-state index contributed by atoms with van der Waals surface area (Å²) >= 11 is 1.49. The monoisotopic (exact) mass is 302 g/mol. The van der Waals surface area contributed by atoms with Crippen molar-refractivity contribution in [3.05, 3.63) is 48.1 Å². The second-order valence-electron chi connectivity index (χ2n) is 4.42. The number of benzene rings is 1. The highest BCUT2D eigenvalue weighted by molar-refractivity contribution is 7.98. The Hall–Kier alpha value is -2.12. The van der Waals surface area contributed by atoms with Gasteiger partial charge in [0.05, 0.1) is 24.3 Å². The van der Waals surface area contributed by atoms with Crippen LogP contribution in [0.3, 0.4) is 0 Å². The summed E-state index contributed by atoms with van der Waals surface area (Å²) in [6, 6.07) is 9.69. The summed E-state index contributed by atoms with van der Waals surface area (Å²) in [5.74, 6) is 1.67. The summed E-state index contributed by atoms with van der Waals surface area (Å²) in [6.45, 7) is -0.0250. The van der Waals surface area contributed by atoms with E-state index in [4.69, 9.17) is 9.63 Å². The highest BCUT2D eigenvalue weighted by Crippen LogP contribution is 2.23. The van der Waals surface area contributed by atoms with Gasteiger partial charge in [0.1, 0.15) is 0 Å². The molecule has 21 heavy (non-hydrogen) atoms. The van der Waals surface area contributed by atoms with Gasteiger partial charge in [0, 0.05) is 12.6 Å². The summed E-state index contributed by atoms with van der Waals surface area (Å²) in [5, 5.41) is 13.9. The maximum atomic E-state index is 9.14. The van der Waals surface area contributed by atoms with Crippen molar-refractivity contribution in [1.29, 1.82) is 0 Å². The standard InChI is InChI=1S/C14H14N4O2S/c1-18-11(8-19)7-15-14(18)21-9-12-16-13(17-20-12)10-5-3-2-4-6-10/h2-7,19H,8-9H2,1H3. The minimum absolute atomic E-state index is 0.0250. The van der Waals surface area contributed by atoms with E-state index in [1.54, 1.807) is 6.20 Å². The molecule has 1 N–H and O–H groups in total. The van der Waals surface area contributed by atoms with Crippen LogP contribution in [0.5, 0.6) is 0 Å². The second-order valence-corrected chi connectivity index (χ2v) is 5.36. The maximum Gasteiger partial charge on any atom is 0.237 e. The highest BCUT2D eigenvalue weighted by atomic mass is 32.2. The molecule has 0 saturated carbocycles. The van der Waals surface area contributed by atoms with Gasteiger partial charge in [-0.15, -0.1) is 0 Å². The molecule has 0 bridgehead atoms. The molecule has 108 valence electrons. The number of imidazole rings is 1. The van der Waals surface area contributed by atoms with E-state index in [0.29, 0.717) is 17.5 Å². The van der Waals surface area contributed by atoms with Crippen molar-refractivity contribution in [2.24, 2.45) is 7.05 Å². The van der Waals surface area contributed by atoms with E-state index in [9.17, 15) is 0 Å². The zero-order valence-corrected chi connectivity index (χ0v) is 12.2.